The first-order valence-electron chi connectivity index (χ1n) is 17.4. The van der Waals surface area contributed by atoms with Crippen molar-refractivity contribution in [3.63, 3.8) is 0 Å². The molecule has 4 aromatic carbocycles. The summed E-state index contributed by atoms with van der Waals surface area (Å²) in [5.41, 5.74) is 4.36. The van der Waals surface area contributed by atoms with Crippen LogP contribution in [-0.4, -0.2) is 53.5 Å². The van der Waals surface area contributed by atoms with Gasteiger partial charge in [0.15, 0.2) is 0 Å². The van der Waals surface area contributed by atoms with Gasteiger partial charge < -0.3 is 24.8 Å². The van der Waals surface area contributed by atoms with Crippen molar-refractivity contribution in [1.82, 2.24) is 0 Å². The van der Waals surface area contributed by atoms with Crippen LogP contribution in [0.2, 0.25) is 0 Å². The molecular formula is C43H48O11. The lowest BCUT2D eigenvalue weighted by Crippen LogP contribution is -2.14. The molecule has 2 aliphatic rings. The third-order valence-electron chi connectivity index (χ3n) is 8.37. The predicted octanol–water partition coefficient (Wildman–Crippen LogP) is 5.80. The molecule has 0 saturated carbocycles. The van der Waals surface area contributed by atoms with Crippen LogP contribution >= 0.6 is 0 Å². The van der Waals surface area contributed by atoms with Crippen LogP contribution in [0.4, 0.5) is 0 Å². The van der Waals surface area contributed by atoms with Gasteiger partial charge in [-0.05, 0) is 47.9 Å². The van der Waals surface area contributed by atoms with E-state index in [1.807, 2.05) is 128 Å². The van der Waals surface area contributed by atoms with E-state index in [1.165, 1.54) is 12.7 Å². The highest BCUT2D eigenvalue weighted by molar-refractivity contribution is 5.95. The fourth-order valence-corrected chi connectivity index (χ4v) is 5.46. The zero-order valence-corrected chi connectivity index (χ0v) is 30.7. The molecule has 3 N–H and O–H groups in total. The molecule has 2 aliphatic heterocycles. The summed E-state index contributed by atoms with van der Waals surface area (Å²) >= 11 is 0. The number of esters is 5. The molecule has 11 heteroatoms. The van der Waals surface area contributed by atoms with E-state index in [2.05, 4.69) is 14.2 Å². The van der Waals surface area contributed by atoms with Crippen molar-refractivity contribution in [1.29, 1.82) is 0 Å². The van der Waals surface area contributed by atoms with Gasteiger partial charge in [0.2, 0.25) is 0 Å². The van der Waals surface area contributed by atoms with E-state index < -0.39 is 17.9 Å². The lowest BCUT2D eigenvalue weighted by atomic mass is 9.98. The molecule has 0 aromatic heterocycles. The summed E-state index contributed by atoms with van der Waals surface area (Å²) < 4.78 is 13.6. The second-order valence-corrected chi connectivity index (χ2v) is 12.8. The Bertz CT molecular complexity index is 1690. The first-order valence-corrected chi connectivity index (χ1v) is 17.4. The summed E-state index contributed by atoms with van der Waals surface area (Å²) in [6.07, 6.45) is 2.96. The summed E-state index contributed by atoms with van der Waals surface area (Å²) in [4.78, 5) is 65.5. The first-order chi connectivity index (χ1) is 25.4. The zero-order valence-electron chi connectivity index (χ0n) is 30.7. The highest BCUT2D eigenvalue weighted by Crippen LogP contribution is 2.21. The van der Waals surface area contributed by atoms with Gasteiger partial charge in [-0.3, -0.25) is 28.8 Å². The van der Waals surface area contributed by atoms with Gasteiger partial charge in [-0.15, -0.1) is 0 Å². The number of benzene rings is 4. The number of hydrogen-bond donors (Lipinski definition) is 1. The Hall–Kier alpha value is -5.94. The van der Waals surface area contributed by atoms with Crippen LogP contribution in [0.15, 0.2) is 121 Å². The molecule has 286 valence electrons. The van der Waals surface area contributed by atoms with Crippen LogP contribution in [0, 0.1) is 23.7 Å². The number of ether oxygens (including phenoxy) is 3. The summed E-state index contributed by atoms with van der Waals surface area (Å²) in [6.45, 7) is 3.59. The van der Waals surface area contributed by atoms with E-state index in [0.29, 0.717) is 19.3 Å². The third-order valence-corrected chi connectivity index (χ3v) is 8.37. The SMILES string of the molecule is CC(Cc1ccccc1)C(=O)O.COC(=O)C(C)Cc1ccccc1.O.O=C1CC(Cc2ccccc2)C(=O)O1.O=C1C[C@@H](Cc2ccccc2)C(=O)O1. The molecule has 54 heavy (non-hydrogen) atoms. The molecule has 3 unspecified atom stereocenters. The van der Waals surface area contributed by atoms with Crippen molar-refractivity contribution < 1.29 is 53.6 Å². The number of carboxylic acids is 1. The molecule has 6 rings (SSSR count). The smallest absolute Gasteiger partial charge is 0.317 e. The van der Waals surface area contributed by atoms with E-state index in [4.69, 9.17) is 5.11 Å². The normalized spacial score (nSPS) is 16.6. The van der Waals surface area contributed by atoms with Crippen LogP contribution in [-0.2, 0) is 68.7 Å². The van der Waals surface area contributed by atoms with Crippen molar-refractivity contribution in [3.8, 4) is 0 Å². The monoisotopic (exact) mass is 740 g/mol. The van der Waals surface area contributed by atoms with E-state index >= 15 is 0 Å². The van der Waals surface area contributed by atoms with Crippen LogP contribution < -0.4 is 0 Å². The fourth-order valence-electron chi connectivity index (χ4n) is 5.46. The Morgan fingerprint density at radius 3 is 1.19 bits per heavy atom. The lowest BCUT2D eigenvalue weighted by Gasteiger charge is -2.08. The molecule has 0 bridgehead atoms. The van der Waals surface area contributed by atoms with Crippen LogP contribution in [0.25, 0.3) is 0 Å². The largest absolute Gasteiger partial charge is 0.481 e. The molecule has 4 atom stereocenters. The summed E-state index contributed by atoms with van der Waals surface area (Å²) in [5, 5.41) is 8.64. The minimum atomic E-state index is -0.737. The maximum absolute atomic E-state index is 11.1. The number of rotatable bonds is 10. The van der Waals surface area contributed by atoms with Crippen LogP contribution in [0.5, 0.6) is 0 Å². The van der Waals surface area contributed by atoms with Crippen LogP contribution in [0.1, 0.15) is 48.9 Å². The average Bonchev–Trinajstić information content (AvgIpc) is 3.66. The molecule has 0 aliphatic carbocycles. The molecule has 11 nitrogen and oxygen atoms in total. The van der Waals surface area contributed by atoms with Crippen LogP contribution in [0.3, 0.4) is 0 Å². The van der Waals surface area contributed by atoms with E-state index in [9.17, 15) is 28.8 Å². The van der Waals surface area contributed by atoms with Gasteiger partial charge in [-0.1, -0.05) is 135 Å². The number of carbonyl (C=O) groups excluding carboxylic acids is 5. The molecule has 2 fully saturated rings. The standard InChI is InChI=1S/2C11H10O3.C11H14O2.C10H12O2.H2O/c2*12-10-7-9(11(13)14-10)6-8-4-2-1-3-5-8;1-9(11(12)13-2)8-10-6-4-3-5-7-10;1-8(10(11)12)7-9-5-3-2-4-6-9;/h2*1-5,9H,6-7H2;3-7,9H,8H2,1-2H3;2-6,8H,7H2,1H3,(H,11,12);1H2/t9-;;;;/m1..../s1. The fraction of sp³-hybridized carbons (Fsp3) is 0.302. The van der Waals surface area contributed by atoms with Crippen molar-refractivity contribution in [2.75, 3.05) is 7.11 Å². The number of aliphatic carboxylic acids is 1. The maximum atomic E-state index is 11.1. The number of hydrogen-bond acceptors (Lipinski definition) is 9. The Balaban J connectivity index is 0.000000248. The number of carbonyl (C=O) groups is 6. The van der Waals surface area contributed by atoms with E-state index in [1.54, 1.807) is 6.92 Å². The Kier molecular flexibility index (Phi) is 19.3. The third kappa shape index (κ3) is 16.2. The number of cyclic esters (lactones) is 4. The van der Waals surface area contributed by atoms with Gasteiger partial charge in [0, 0.05) is 0 Å². The van der Waals surface area contributed by atoms with Gasteiger partial charge in [0.1, 0.15) is 0 Å². The molecule has 2 saturated heterocycles. The Labute approximate surface area is 315 Å². The maximum Gasteiger partial charge on any atom is 0.317 e. The summed E-state index contributed by atoms with van der Waals surface area (Å²) in [7, 11) is 1.42. The molecule has 4 aromatic rings. The zero-order chi connectivity index (χ0) is 38.6. The van der Waals surface area contributed by atoms with Crippen molar-refractivity contribution in [3.05, 3.63) is 144 Å². The quantitative estimate of drug-likeness (QED) is 0.119. The number of methoxy groups -OCH3 is 1. The molecule has 0 spiro atoms. The van der Waals surface area contributed by atoms with Gasteiger partial charge in [0.25, 0.3) is 0 Å². The van der Waals surface area contributed by atoms with Crippen molar-refractivity contribution in [2.45, 2.75) is 52.4 Å². The Morgan fingerprint density at radius 2 is 0.907 bits per heavy atom. The van der Waals surface area contributed by atoms with Crippen molar-refractivity contribution in [2.24, 2.45) is 23.7 Å². The molecule has 0 radical (unpaired) electrons. The molecule has 2 heterocycles. The second-order valence-electron chi connectivity index (χ2n) is 12.8. The summed E-state index contributed by atoms with van der Waals surface area (Å²) in [5.74, 6) is -3.41. The van der Waals surface area contributed by atoms with E-state index in [-0.39, 0.29) is 59.9 Å². The number of carboxylic acid groups (broad SMARTS) is 1. The first kappa shape index (κ1) is 44.2. The second kappa shape index (κ2) is 23.6. The highest BCUT2D eigenvalue weighted by atomic mass is 16.6. The van der Waals surface area contributed by atoms with Gasteiger partial charge in [-0.25, -0.2) is 0 Å². The lowest BCUT2D eigenvalue weighted by molar-refractivity contribution is -0.154. The highest BCUT2D eigenvalue weighted by Gasteiger charge is 2.34. The van der Waals surface area contributed by atoms with Gasteiger partial charge >= 0.3 is 35.8 Å². The minimum absolute atomic E-state index is 0. The van der Waals surface area contributed by atoms with Crippen molar-refractivity contribution >= 4 is 35.8 Å². The Morgan fingerprint density at radius 1 is 0.593 bits per heavy atom. The summed E-state index contributed by atoms with van der Waals surface area (Å²) in [6, 6.07) is 38.8. The average molecular weight is 741 g/mol. The molecule has 0 amide bonds. The van der Waals surface area contributed by atoms with Gasteiger partial charge in [0.05, 0.1) is 43.6 Å². The van der Waals surface area contributed by atoms with E-state index in [0.717, 1.165) is 23.1 Å². The topological polar surface area (TPSA) is 182 Å². The minimum Gasteiger partial charge on any atom is -0.481 e. The molecular weight excluding hydrogens is 692 g/mol. The predicted molar refractivity (Wildman–Crippen MR) is 201 cm³/mol. The van der Waals surface area contributed by atoms with Gasteiger partial charge in [-0.2, -0.15) is 0 Å².